The highest BCUT2D eigenvalue weighted by Gasteiger charge is 2.69. The van der Waals surface area contributed by atoms with Crippen LogP contribution >= 0.6 is 0 Å². The fraction of sp³-hybridized carbons (Fsp3) is 0.375. The number of benzene rings is 2. The lowest BCUT2D eigenvalue weighted by Crippen LogP contribution is -2.45. The summed E-state index contributed by atoms with van der Waals surface area (Å²) in [6.45, 7) is 2.18. The third kappa shape index (κ3) is 1.96. The first-order valence-corrected chi connectivity index (χ1v) is 9.70. The van der Waals surface area contributed by atoms with Crippen LogP contribution in [0.15, 0.2) is 60.4 Å². The van der Waals surface area contributed by atoms with E-state index in [4.69, 9.17) is 9.47 Å². The minimum absolute atomic E-state index is 0.0544. The van der Waals surface area contributed by atoms with Gasteiger partial charge in [0, 0.05) is 11.8 Å². The Hall–Kier alpha value is -2.59. The van der Waals surface area contributed by atoms with Crippen LogP contribution in [0, 0.1) is 17.3 Å². The predicted octanol–water partition coefficient (Wildman–Crippen LogP) is 3.59. The number of carbonyl (C=O) groups is 1. The minimum Gasteiger partial charge on any atom is -0.498 e. The lowest BCUT2D eigenvalue weighted by Gasteiger charge is -2.39. The molecule has 3 aliphatic rings. The zero-order valence-electron chi connectivity index (χ0n) is 16.3. The molecule has 0 radical (unpaired) electrons. The molecule has 1 N–H and O–H groups in total. The maximum Gasteiger partial charge on any atom is 0.156 e. The Kier molecular flexibility index (Phi) is 3.57. The molecule has 0 spiro atoms. The van der Waals surface area contributed by atoms with Crippen LogP contribution in [0.3, 0.4) is 0 Å². The molecule has 28 heavy (non-hydrogen) atoms. The zero-order valence-corrected chi connectivity index (χ0v) is 16.3. The Bertz CT molecular complexity index is 1010. The summed E-state index contributed by atoms with van der Waals surface area (Å²) < 4.78 is 11.1. The Morgan fingerprint density at radius 1 is 1.04 bits per heavy atom. The van der Waals surface area contributed by atoms with E-state index in [-0.39, 0.29) is 23.0 Å². The number of rotatable bonds is 3. The van der Waals surface area contributed by atoms with Crippen molar-refractivity contribution in [1.82, 2.24) is 0 Å². The molecule has 2 aromatic rings. The summed E-state index contributed by atoms with van der Waals surface area (Å²) in [6.07, 6.45) is 2.70. The number of hydrogen-bond donors (Lipinski definition) is 1. The first kappa shape index (κ1) is 17.5. The summed E-state index contributed by atoms with van der Waals surface area (Å²) in [5.74, 6) is 0.315. The molecular formula is C24H24O4. The molecule has 4 nitrogen and oxygen atoms in total. The molecule has 1 saturated carbocycles. The van der Waals surface area contributed by atoms with Crippen molar-refractivity contribution in [2.45, 2.75) is 24.9 Å². The third-order valence-electron chi connectivity index (χ3n) is 7.20. The molecule has 2 bridgehead atoms. The summed E-state index contributed by atoms with van der Waals surface area (Å²) in [7, 11) is 3.16. The van der Waals surface area contributed by atoms with Crippen LogP contribution in [0.25, 0.3) is 0 Å². The largest absolute Gasteiger partial charge is 0.498 e. The highest BCUT2D eigenvalue weighted by molar-refractivity contribution is 5.94. The first-order valence-electron chi connectivity index (χ1n) is 9.70. The Morgan fingerprint density at radius 3 is 2.57 bits per heavy atom. The molecule has 3 aliphatic carbocycles. The van der Waals surface area contributed by atoms with Crippen LogP contribution in [-0.4, -0.2) is 25.1 Å². The molecule has 5 atom stereocenters. The first-order chi connectivity index (χ1) is 13.4. The van der Waals surface area contributed by atoms with Gasteiger partial charge in [0.1, 0.15) is 17.3 Å². The fourth-order valence-electron chi connectivity index (χ4n) is 5.98. The minimum atomic E-state index is -1.52. The van der Waals surface area contributed by atoms with Gasteiger partial charge < -0.3 is 14.6 Å². The van der Waals surface area contributed by atoms with Crippen LogP contribution in [0.1, 0.15) is 29.5 Å². The molecule has 0 aliphatic heterocycles. The van der Waals surface area contributed by atoms with Gasteiger partial charge in [-0.25, -0.2) is 0 Å². The van der Waals surface area contributed by atoms with Crippen molar-refractivity contribution < 1.29 is 19.4 Å². The third-order valence-corrected chi connectivity index (χ3v) is 7.20. The van der Waals surface area contributed by atoms with Gasteiger partial charge in [-0.3, -0.25) is 4.79 Å². The van der Waals surface area contributed by atoms with Crippen LogP contribution < -0.4 is 4.74 Å². The molecule has 0 saturated heterocycles. The molecule has 0 aromatic heterocycles. The summed E-state index contributed by atoms with van der Waals surface area (Å²) in [5, 5.41) is 12.1. The molecule has 2 aromatic carbocycles. The second-order valence-corrected chi connectivity index (χ2v) is 8.45. The van der Waals surface area contributed by atoms with Gasteiger partial charge in [-0.15, -0.1) is 0 Å². The summed E-state index contributed by atoms with van der Waals surface area (Å²) in [6, 6.07) is 15.6. The quantitative estimate of drug-likeness (QED) is 0.890. The van der Waals surface area contributed by atoms with Gasteiger partial charge in [0.15, 0.2) is 5.60 Å². The van der Waals surface area contributed by atoms with Crippen molar-refractivity contribution in [1.29, 1.82) is 0 Å². The highest BCUT2D eigenvalue weighted by Crippen LogP contribution is 2.68. The van der Waals surface area contributed by atoms with Crippen LogP contribution in [0.5, 0.6) is 5.75 Å². The van der Waals surface area contributed by atoms with Crippen LogP contribution in [0.4, 0.5) is 0 Å². The van der Waals surface area contributed by atoms with E-state index in [1.807, 2.05) is 36.4 Å². The van der Waals surface area contributed by atoms with Crippen molar-refractivity contribution in [2.24, 2.45) is 17.3 Å². The summed E-state index contributed by atoms with van der Waals surface area (Å²) in [5.41, 5.74) is 1.32. The molecule has 0 heterocycles. The van der Waals surface area contributed by atoms with E-state index < -0.39 is 11.5 Å². The number of carbonyl (C=O) groups excluding carboxylic acids is 1. The maximum atomic E-state index is 13.5. The lowest BCUT2D eigenvalue weighted by atomic mass is 9.69. The smallest absolute Gasteiger partial charge is 0.156 e. The monoisotopic (exact) mass is 376 g/mol. The standard InChI is InChI=1S/C24H24O4/c1-23-13-14-7-4-5-10-17(14)20(23)21-22(25)18(23)12-19(28-3)24(21,26)15-8-6-9-16(11-15)27-2/h4-12,18,20-21,26H,13H2,1-3H3/t18?,20-,21?,23+,24?/m0/s1. The van der Waals surface area contributed by atoms with Gasteiger partial charge in [-0.05, 0) is 46.7 Å². The van der Waals surface area contributed by atoms with E-state index in [2.05, 4.69) is 19.1 Å². The zero-order chi connectivity index (χ0) is 19.7. The molecule has 144 valence electrons. The SMILES string of the molecule is COC1=CC2C(=O)C([C@@H]3c4ccccc4C[C@]23C)C1(O)c1cccc(OC)c1. The second-order valence-electron chi connectivity index (χ2n) is 8.45. The van der Waals surface area contributed by atoms with E-state index in [1.165, 1.54) is 11.1 Å². The number of ketones is 1. The van der Waals surface area contributed by atoms with Gasteiger partial charge in [0.2, 0.25) is 0 Å². The molecule has 0 amide bonds. The summed E-state index contributed by atoms with van der Waals surface area (Å²) in [4.78, 5) is 13.5. The van der Waals surface area contributed by atoms with E-state index in [0.29, 0.717) is 17.1 Å². The van der Waals surface area contributed by atoms with Gasteiger partial charge >= 0.3 is 0 Å². The van der Waals surface area contributed by atoms with Gasteiger partial charge in [0.05, 0.1) is 20.1 Å². The molecule has 1 fully saturated rings. The summed E-state index contributed by atoms with van der Waals surface area (Å²) >= 11 is 0. The van der Waals surface area contributed by atoms with Crippen molar-refractivity contribution in [3.05, 3.63) is 77.1 Å². The van der Waals surface area contributed by atoms with E-state index >= 15 is 0 Å². The van der Waals surface area contributed by atoms with Crippen molar-refractivity contribution in [2.75, 3.05) is 14.2 Å². The average Bonchev–Trinajstić information content (AvgIpc) is 3.08. The van der Waals surface area contributed by atoms with Crippen molar-refractivity contribution in [3.8, 4) is 5.75 Å². The van der Waals surface area contributed by atoms with Gasteiger partial charge in [0.25, 0.3) is 0 Å². The Balaban J connectivity index is 1.76. The van der Waals surface area contributed by atoms with Crippen LogP contribution in [0.2, 0.25) is 0 Å². The Morgan fingerprint density at radius 2 is 1.82 bits per heavy atom. The van der Waals surface area contributed by atoms with E-state index in [1.54, 1.807) is 20.3 Å². The maximum absolute atomic E-state index is 13.5. The topological polar surface area (TPSA) is 55.8 Å². The lowest BCUT2D eigenvalue weighted by molar-refractivity contribution is -0.135. The molecular weight excluding hydrogens is 352 g/mol. The van der Waals surface area contributed by atoms with E-state index in [0.717, 1.165) is 6.42 Å². The molecule has 3 unspecified atom stereocenters. The predicted molar refractivity (Wildman–Crippen MR) is 105 cm³/mol. The number of allylic oxidation sites excluding steroid dienone is 1. The van der Waals surface area contributed by atoms with Crippen molar-refractivity contribution in [3.63, 3.8) is 0 Å². The average molecular weight is 376 g/mol. The number of fused-ring (bicyclic) bond motifs is 7. The number of methoxy groups -OCH3 is 2. The molecule has 4 heteroatoms. The van der Waals surface area contributed by atoms with Gasteiger partial charge in [-0.1, -0.05) is 43.3 Å². The fourth-order valence-corrected chi connectivity index (χ4v) is 5.98. The number of Topliss-reactive ketones (excluding diaryl/α,β-unsaturated/α-hetero) is 1. The normalized spacial score (nSPS) is 35.2. The second kappa shape index (κ2) is 5.71. The molecule has 5 rings (SSSR count). The Labute approximate surface area is 164 Å². The van der Waals surface area contributed by atoms with Crippen molar-refractivity contribution >= 4 is 5.78 Å². The van der Waals surface area contributed by atoms with Gasteiger partial charge in [-0.2, -0.15) is 0 Å². The van der Waals surface area contributed by atoms with E-state index in [9.17, 15) is 9.90 Å². The number of hydrogen-bond acceptors (Lipinski definition) is 4. The van der Waals surface area contributed by atoms with Crippen LogP contribution in [-0.2, 0) is 21.6 Å². The number of aliphatic hydroxyl groups is 1. The highest BCUT2D eigenvalue weighted by atomic mass is 16.5. The number of ether oxygens (including phenoxy) is 2.